The monoisotopic (exact) mass is 590 g/mol. The molecule has 4 aromatic rings. The first-order valence-corrected chi connectivity index (χ1v) is 17.7. The van der Waals surface area contributed by atoms with Gasteiger partial charge in [-0.1, -0.05) is 0 Å². The van der Waals surface area contributed by atoms with Gasteiger partial charge in [0.05, 0.1) is 0 Å². The quantitative estimate of drug-likeness (QED) is 0.145. The molecular weight excluding hydrogens is 555 g/mol. The first kappa shape index (κ1) is 28.1. The molecule has 0 saturated heterocycles. The molecule has 1 atom stereocenters. The third kappa shape index (κ3) is 5.30. The van der Waals surface area contributed by atoms with Crippen molar-refractivity contribution in [3.63, 3.8) is 0 Å². The topological polar surface area (TPSA) is 46.5 Å². The summed E-state index contributed by atoms with van der Waals surface area (Å²) in [5, 5.41) is 11.6. The van der Waals surface area contributed by atoms with E-state index < -0.39 is 5.31 Å². The van der Waals surface area contributed by atoms with E-state index in [1.807, 2.05) is 6.07 Å². The molecule has 0 spiro atoms. The van der Waals surface area contributed by atoms with Crippen molar-refractivity contribution >= 4 is 42.5 Å². The maximum atomic E-state index is 12.0. The van der Waals surface area contributed by atoms with Gasteiger partial charge in [-0.2, -0.15) is 0 Å². The van der Waals surface area contributed by atoms with E-state index >= 15 is 0 Å². The fourth-order valence-corrected chi connectivity index (χ4v) is 12.9. The standard InChI is InChI=1S/C33H36BrO3P/c1-4-14-31-32(22-21-30(26(3)35)33(31)36)37-25(2)23-24-38(34,27-15-8-5-9-16-27,28-17-10-6-11-18-28)29-19-12-7-13-20-29/h5-13,15-22,25,36H,4,14,23-24H2,1-3H3. The maximum absolute atomic E-state index is 12.0. The summed E-state index contributed by atoms with van der Waals surface area (Å²) in [7, 11) is 0. The van der Waals surface area contributed by atoms with Gasteiger partial charge in [0.2, 0.25) is 0 Å². The zero-order valence-corrected chi connectivity index (χ0v) is 24.8. The Morgan fingerprint density at radius 3 is 1.74 bits per heavy atom. The van der Waals surface area contributed by atoms with Gasteiger partial charge in [0, 0.05) is 0 Å². The molecule has 0 aromatic heterocycles. The van der Waals surface area contributed by atoms with E-state index in [4.69, 9.17) is 4.74 Å². The number of carbonyl (C=O) groups is 1. The van der Waals surface area contributed by atoms with Gasteiger partial charge >= 0.3 is 235 Å². The van der Waals surface area contributed by atoms with E-state index in [9.17, 15) is 9.90 Å². The molecule has 0 heterocycles. The average Bonchev–Trinajstić information content (AvgIpc) is 2.95. The second kappa shape index (κ2) is 11.8. The van der Waals surface area contributed by atoms with Crippen molar-refractivity contribution < 1.29 is 14.6 Å². The molecule has 0 fully saturated rings. The Hall–Kier alpha value is -2.94. The second-order valence-corrected chi connectivity index (χ2v) is 18.9. The molecule has 0 bridgehead atoms. The number of halogens is 1. The summed E-state index contributed by atoms with van der Waals surface area (Å²) >= 11 is 4.51. The molecule has 0 aliphatic carbocycles. The van der Waals surface area contributed by atoms with E-state index in [0.29, 0.717) is 23.3 Å². The van der Waals surface area contributed by atoms with Gasteiger partial charge < -0.3 is 0 Å². The molecule has 0 amide bonds. The molecule has 1 unspecified atom stereocenters. The zero-order chi connectivity index (χ0) is 27.2. The molecule has 5 heteroatoms. The van der Waals surface area contributed by atoms with Gasteiger partial charge in [-0.05, 0) is 0 Å². The molecule has 0 radical (unpaired) electrons. The molecule has 38 heavy (non-hydrogen) atoms. The molecule has 0 aliphatic rings. The van der Waals surface area contributed by atoms with E-state index in [0.717, 1.165) is 19.0 Å². The van der Waals surface area contributed by atoms with Crippen LogP contribution >= 0.6 is 20.8 Å². The van der Waals surface area contributed by atoms with Crippen LogP contribution in [0.25, 0.3) is 0 Å². The molecule has 4 rings (SSSR count). The number of hydrogen-bond acceptors (Lipinski definition) is 3. The predicted octanol–water partition coefficient (Wildman–Crippen LogP) is 7.54. The number of carbonyl (C=O) groups excluding carboxylic acids is 1. The van der Waals surface area contributed by atoms with Crippen LogP contribution in [0.1, 0.15) is 49.5 Å². The van der Waals surface area contributed by atoms with Gasteiger partial charge in [-0.3, -0.25) is 0 Å². The summed E-state index contributed by atoms with van der Waals surface area (Å²) in [5.41, 5.74) is 1.05. The van der Waals surface area contributed by atoms with Crippen LogP contribution < -0.4 is 20.7 Å². The van der Waals surface area contributed by atoms with Crippen molar-refractivity contribution in [1.82, 2.24) is 0 Å². The minimum absolute atomic E-state index is 0.0435. The normalized spacial score (nSPS) is 13.3. The predicted molar refractivity (Wildman–Crippen MR) is 166 cm³/mol. The Morgan fingerprint density at radius 1 is 0.842 bits per heavy atom. The number of ether oxygens (including phenoxy) is 1. The van der Waals surface area contributed by atoms with E-state index in [1.54, 1.807) is 6.07 Å². The molecule has 0 saturated carbocycles. The van der Waals surface area contributed by atoms with E-state index in [-0.39, 0.29) is 17.6 Å². The first-order valence-electron chi connectivity index (χ1n) is 13.2. The number of Topliss-reactive ketones (excluding diaryl/α,β-unsaturated/α-hetero) is 1. The Morgan fingerprint density at radius 2 is 1.32 bits per heavy atom. The van der Waals surface area contributed by atoms with Crippen LogP contribution in [0.3, 0.4) is 0 Å². The van der Waals surface area contributed by atoms with Crippen LogP contribution in [0.4, 0.5) is 0 Å². The third-order valence-corrected chi connectivity index (χ3v) is 17.3. The molecule has 3 nitrogen and oxygen atoms in total. The SMILES string of the molecule is CCCc1c(OC(C)CCP(Br)(c2ccccc2)(c2ccccc2)c2ccccc2)ccc(C(C)=O)c1O. The summed E-state index contributed by atoms with van der Waals surface area (Å²) in [5.74, 6) is 0.544. The molecule has 1 N–H and O–H groups in total. The number of phenolic OH excluding ortho intramolecular Hbond substituents is 1. The van der Waals surface area contributed by atoms with Crippen LogP contribution in [0, 0.1) is 0 Å². The van der Waals surface area contributed by atoms with Gasteiger partial charge in [-0.15, -0.1) is 0 Å². The second-order valence-electron chi connectivity index (χ2n) is 9.87. The van der Waals surface area contributed by atoms with E-state index in [2.05, 4.69) is 120 Å². The van der Waals surface area contributed by atoms with Crippen LogP contribution in [0.15, 0.2) is 103 Å². The number of benzene rings is 4. The Labute approximate surface area is 234 Å². The van der Waals surface area contributed by atoms with Crippen molar-refractivity contribution in [2.75, 3.05) is 6.16 Å². The van der Waals surface area contributed by atoms with Gasteiger partial charge in [0.25, 0.3) is 0 Å². The zero-order valence-electron chi connectivity index (χ0n) is 22.3. The van der Waals surface area contributed by atoms with Crippen molar-refractivity contribution in [3.05, 3.63) is 114 Å². The molecule has 4 aromatic carbocycles. The van der Waals surface area contributed by atoms with Gasteiger partial charge in [0.15, 0.2) is 0 Å². The summed E-state index contributed by atoms with van der Waals surface area (Å²) in [6, 6.07) is 35.7. The summed E-state index contributed by atoms with van der Waals surface area (Å²) in [6.45, 7) is 5.62. The molecule has 0 aliphatic heterocycles. The fraction of sp³-hybridized carbons (Fsp3) is 0.242. The fourth-order valence-electron chi connectivity index (χ4n) is 5.25. The van der Waals surface area contributed by atoms with Crippen molar-refractivity contribution in [2.24, 2.45) is 0 Å². The van der Waals surface area contributed by atoms with Crippen LogP contribution in [0.5, 0.6) is 11.5 Å². The number of phenols is 1. The number of aromatic hydroxyl groups is 1. The Bertz CT molecular complexity index is 1270. The number of hydrogen-bond donors (Lipinski definition) is 1. The minimum atomic E-state index is -3.05. The van der Waals surface area contributed by atoms with Crippen molar-refractivity contribution in [1.29, 1.82) is 0 Å². The number of rotatable bonds is 11. The average molecular weight is 592 g/mol. The van der Waals surface area contributed by atoms with Crippen LogP contribution in [-0.4, -0.2) is 23.2 Å². The Balaban J connectivity index is 1.75. The van der Waals surface area contributed by atoms with Crippen LogP contribution in [0.2, 0.25) is 0 Å². The summed E-state index contributed by atoms with van der Waals surface area (Å²) in [6.07, 6.45) is 3.00. The van der Waals surface area contributed by atoms with Gasteiger partial charge in [0.1, 0.15) is 0 Å². The molecule has 198 valence electrons. The van der Waals surface area contributed by atoms with Crippen molar-refractivity contribution in [2.45, 2.75) is 46.1 Å². The van der Waals surface area contributed by atoms with Crippen molar-refractivity contribution in [3.8, 4) is 11.5 Å². The molecular formula is C33H36BrO3P. The summed E-state index contributed by atoms with van der Waals surface area (Å²) < 4.78 is 6.49. The van der Waals surface area contributed by atoms with E-state index in [1.165, 1.54) is 22.8 Å². The third-order valence-electron chi connectivity index (χ3n) is 7.29. The van der Waals surface area contributed by atoms with Gasteiger partial charge in [-0.25, -0.2) is 0 Å². The van der Waals surface area contributed by atoms with Crippen LogP contribution in [-0.2, 0) is 6.42 Å². The Kier molecular flexibility index (Phi) is 8.75. The first-order chi connectivity index (χ1) is 18.3. The number of ketones is 1. The summed E-state index contributed by atoms with van der Waals surface area (Å²) in [4.78, 5) is 12.0.